The van der Waals surface area contributed by atoms with Crippen LogP contribution in [0.15, 0.2) is 30.4 Å². The summed E-state index contributed by atoms with van der Waals surface area (Å²) in [4.78, 5) is 11.2. The number of rotatable bonds is 5. The predicted molar refractivity (Wildman–Crippen MR) is 107 cm³/mol. The number of carboxylic acid groups (broad SMARTS) is 1. The Labute approximate surface area is 153 Å². The standard InChI is InChI=1S/C21H30O3Si/c1-13(2)20(5,6)25-18-15(4)14(3)7-8-17(18)16-9-11-21(24,12-10-16)19(22)23/h7-11,13,24H,12,25H2,1-6H3,(H,22,23). The van der Waals surface area contributed by atoms with E-state index in [1.54, 1.807) is 6.08 Å². The van der Waals surface area contributed by atoms with E-state index >= 15 is 0 Å². The SMILES string of the molecule is Cc1ccc(C2=CCC(O)(C(=O)O)C=C2)c([SiH2]C(C)(C)C(C)C)c1C. The Morgan fingerprint density at radius 2 is 1.92 bits per heavy atom. The van der Waals surface area contributed by atoms with E-state index in [9.17, 15) is 15.0 Å². The van der Waals surface area contributed by atoms with Crippen molar-refractivity contribution >= 4 is 26.2 Å². The minimum atomic E-state index is -1.78. The van der Waals surface area contributed by atoms with Gasteiger partial charge in [-0.15, -0.1) is 0 Å². The number of carbonyl (C=O) groups is 1. The smallest absolute Gasteiger partial charge is 0.340 e. The second kappa shape index (κ2) is 6.93. The summed E-state index contributed by atoms with van der Waals surface area (Å²) in [5, 5.41) is 21.1. The molecule has 2 N–H and O–H groups in total. The zero-order chi connectivity index (χ0) is 19.0. The van der Waals surface area contributed by atoms with Gasteiger partial charge in [0.15, 0.2) is 5.60 Å². The summed E-state index contributed by atoms with van der Waals surface area (Å²) in [6.45, 7) is 13.6. The molecule has 0 saturated carbocycles. The third kappa shape index (κ3) is 3.96. The molecule has 1 atom stereocenters. The molecule has 0 amide bonds. The van der Waals surface area contributed by atoms with Crippen LogP contribution in [0.4, 0.5) is 0 Å². The normalized spacial score (nSPS) is 21.2. The Kier molecular flexibility index (Phi) is 5.45. The number of aliphatic carboxylic acids is 1. The molecule has 1 aliphatic rings. The lowest BCUT2D eigenvalue weighted by molar-refractivity contribution is -0.153. The van der Waals surface area contributed by atoms with Gasteiger partial charge < -0.3 is 10.2 Å². The van der Waals surface area contributed by atoms with E-state index in [-0.39, 0.29) is 6.42 Å². The van der Waals surface area contributed by atoms with Crippen LogP contribution in [0.3, 0.4) is 0 Å². The van der Waals surface area contributed by atoms with Crippen molar-refractivity contribution in [1.29, 1.82) is 0 Å². The lowest BCUT2D eigenvalue weighted by Gasteiger charge is -2.31. The summed E-state index contributed by atoms with van der Waals surface area (Å²) in [6, 6.07) is 4.29. The van der Waals surface area contributed by atoms with Crippen LogP contribution in [0.25, 0.3) is 5.57 Å². The highest BCUT2D eigenvalue weighted by molar-refractivity contribution is 6.58. The molecule has 0 fully saturated rings. The number of allylic oxidation sites excluding steroid dienone is 2. The number of hydrogen-bond acceptors (Lipinski definition) is 2. The van der Waals surface area contributed by atoms with Gasteiger partial charge in [0.05, 0.1) is 9.52 Å². The Balaban J connectivity index is 2.47. The summed E-state index contributed by atoms with van der Waals surface area (Å²) in [7, 11) is -0.552. The molecule has 4 heteroatoms. The molecule has 0 bridgehead atoms. The van der Waals surface area contributed by atoms with Crippen molar-refractivity contribution in [3.05, 3.63) is 47.1 Å². The van der Waals surface area contributed by atoms with Crippen molar-refractivity contribution in [3.63, 3.8) is 0 Å². The van der Waals surface area contributed by atoms with Gasteiger partial charge in [-0.2, -0.15) is 0 Å². The van der Waals surface area contributed by atoms with Crippen molar-refractivity contribution in [2.45, 2.75) is 58.6 Å². The van der Waals surface area contributed by atoms with Crippen LogP contribution in [0.1, 0.15) is 50.8 Å². The first-order valence-electron chi connectivity index (χ1n) is 8.92. The van der Waals surface area contributed by atoms with Crippen LogP contribution < -0.4 is 5.19 Å². The van der Waals surface area contributed by atoms with E-state index in [1.165, 1.54) is 28.0 Å². The predicted octanol–water partition coefficient (Wildman–Crippen LogP) is 3.11. The molecule has 0 aromatic heterocycles. The summed E-state index contributed by atoms with van der Waals surface area (Å²) < 4.78 is 0. The quantitative estimate of drug-likeness (QED) is 0.795. The number of aryl methyl sites for hydroxylation is 1. The van der Waals surface area contributed by atoms with Gasteiger partial charge in [0.2, 0.25) is 0 Å². The van der Waals surface area contributed by atoms with Crippen molar-refractivity contribution in [2.24, 2.45) is 5.92 Å². The van der Waals surface area contributed by atoms with Gasteiger partial charge in [-0.05, 0) is 53.1 Å². The average Bonchev–Trinajstić information content (AvgIpc) is 2.53. The summed E-state index contributed by atoms with van der Waals surface area (Å²) in [5.74, 6) is -0.588. The van der Waals surface area contributed by atoms with Crippen molar-refractivity contribution in [1.82, 2.24) is 0 Å². The van der Waals surface area contributed by atoms with Gasteiger partial charge in [-0.1, -0.05) is 57.2 Å². The first-order chi connectivity index (χ1) is 11.5. The number of aliphatic hydroxyl groups is 1. The highest BCUT2D eigenvalue weighted by atomic mass is 28.2. The third-order valence-corrected chi connectivity index (χ3v) is 8.91. The molecule has 1 unspecified atom stereocenters. The van der Waals surface area contributed by atoms with Crippen molar-refractivity contribution in [3.8, 4) is 0 Å². The van der Waals surface area contributed by atoms with E-state index in [2.05, 4.69) is 53.7 Å². The van der Waals surface area contributed by atoms with Crippen LogP contribution in [-0.2, 0) is 4.79 Å². The molecule has 0 radical (unpaired) electrons. The molecule has 0 aliphatic heterocycles. The van der Waals surface area contributed by atoms with E-state index in [4.69, 9.17) is 0 Å². The van der Waals surface area contributed by atoms with Crippen molar-refractivity contribution < 1.29 is 15.0 Å². The zero-order valence-electron chi connectivity index (χ0n) is 16.2. The molecular weight excluding hydrogens is 328 g/mol. The topological polar surface area (TPSA) is 57.5 Å². The Morgan fingerprint density at radius 1 is 1.28 bits per heavy atom. The maximum absolute atomic E-state index is 11.2. The third-order valence-electron chi connectivity index (χ3n) is 5.92. The largest absolute Gasteiger partial charge is 0.479 e. The molecule has 0 heterocycles. The minimum Gasteiger partial charge on any atom is -0.479 e. The second-order valence-corrected chi connectivity index (χ2v) is 11.2. The van der Waals surface area contributed by atoms with E-state index in [0.29, 0.717) is 11.0 Å². The highest BCUT2D eigenvalue weighted by Gasteiger charge is 2.34. The fourth-order valence-electron chi connectivity index (χ4n) is 3.02. The highest BCUT2D eigenvalue weighted by Crippen LogP contribution is 2.34. The fourth-order valence-corrected chi connectivity index (χ4v) is 5.40. The second-order valence-electron chi connectivity index (χ2n) is 8.28. The lowest BCUT2D eigenvalue weighted by atomic mass is 9.89. The van der Waals surface area contributed by atoms with Gasteiger partial charge in [-0.3, -0.25) is 0 Å². The van der Waals surface area contributed by atoms with Gasteiger partial charge in [0.25, 0.3) is 0 Å². The lowest BCUT2D eigenvalue weighted by Crippen LogP contribution is -2.37. The first-order valence-corrected chi connectivity index (χ1v) is 10.3. The minimum absolute atomic E-state index is 0.107. The van der Waals surface area contributed by atoms with Gasteiger partial charge in [0, 0.05) is 6.42 Å². The Bertz CT molecular complexity index is 744. The molecule has 2 rings (SSSR count). The van der Waals surface area contributed by atoms with E-state index in [0.717, 1.165) is 5.57 Å². The molecule has 0 saturated heterocycles. The van der Waals surface area contributed by atoms with E-state index in [1.807, 2.05) is 6.08 Å². The van der Waals surface area contributed by atoms with Gasteiger partial charge >= 0.3 is 5.97 Å². The van der Waals surface area contributed by atoms with Crippen LogP contribution >= 0.6 is 0 Å². The van der Waals surface area contributed by atoms with Crippen molar-refractivity contribution in [2.75, 3.05) is 0 Å². The number of hydrogen-bond donors (Lipinski definition) is 2. The number of carboxylic acids is 1. The van der Waals surface area contributed by atoms with Crippen LogP contribution in [0, 0.1) is 19.8 Å². The first kappa shape index (κ1) is 19.7. The van der Waals surface area contributed by atoms with Crippen LogP contribution in [-0.4, -0.2) is 31.3 Å². The molecule has 1 aromatic rings. The molecular formula is C21H30O3Si. The molecule has 3 nitrogen and oxygen atoms in total. The average molecular weight is 359 g/mol. The molecule has 1 aromatic carbocycles. The maximum Gasteiger partial charge on any atom is 0.340 e. The van der Waals surface area contributed by atoms with Gasteiger partial charge in [-0.25, -0.2) is 4.79 Å². The molecule has 0 spiro atoms. The Hall–Kier alpha value is -1.65. The summed E-state index contributed by atoms with van der Waals surface area (Å²) >= 11 is 0. The van der Waals surface area contributed by atoms with Crippen LogP contribution in [0.2, 0.25) is 5.04 Å². The van der Waals surface area contributed by atoms with E-state index < -0.39 is 21.1 Å². The maximum atomic E-state index is 11.2. The molecule has 25 heavy (non-hydrogen) atoms. The van der Waals surface area contributed by atoms with Crippen LogP contribution in [0.5, 0.6) is 0 Å². The Morgan fingerprint density at radius 3 is 2.40 bits per heavy atom. The van der Waals surface area contributed by atoms with Gasteiger partial charge in [0.1, 0.15) is 0 Å². The summed E-state index contributed by atoms with van der Waals surface area (Å²) in [5.41, 5.74) is 3.10. The molecule has 136 valence electrons. The zero-order valence-corrected chi connectivity index (χ0v) is 17.6. The number of benzene rings is 1. The monoisotopic (exact) mass is 358 g/mol. The molecule has 1 aliphatic carbocycles. The fraction of sp³-hybridized carbons (Fsp3) is 0.476. The summed E-state index contributed by atoms with van der Waals surface area (Å²) in [6.07, 6.45) is 5.15.